The summed E-state index contributed by atoms with van der Waals surface area (Å²) in [4.78, 5) is 26.3. The summed E-state index contributed by atoms with van der Waals surface area (Å²) in [6.45, 7) is 2.63. The van der Waals surface area contributed by atoms with Crippen molar-refractivity contribution in [2.75, 3.05) is 20.1 Å². The second kappa shape index (κ2) is 9.38. The van der Waals surface area contributed by atoms with Crippen LogP contribution in [0.1, 0.15) is 51.9 Å². The van der Waals surface area contributed by atoms with Crippen molar-refractivity contribution >= 4 is 11.8 Å². The summed E-state index contributed by atoms with van der Waals surface area (Å²) in [7, 11) is 1.75. The summed E-state index contributed by atoms with van der Waals surface area (Å²) in [5.41, 5.74) is 0. The molecule has 1 N–H and O–H groups in total. The van der Waals surface area contributed by atoms with Crippen LogP contribution in [-0.4, -0.2) is 36.9 Å². The third-order valence-corrected chi connectivity index (χ3v) is 4.19. The van der Waals surface area contributed by atoms with Crippen LogP contribution in [0.4, 0.5) is 0 Å². The third kappa shape index (κ3) is 5.74. The minimum absolute atomic E-state index is 0.0369. The zero-order valence-electron chi connectivity index (χ0n) is 13.2. The van der Waals surface area contributed by atoms with E-state index in [0.717, 1.165) is 19.3 Å². The van der Waals surface area contributed by atoms with Crippen molar-refractivity contribution in [2.24, 2.45) is 11.8 Å². The molecule has 21 heavy (non-hydrogen) atoms. The summed E-state index contributed by atoms with van der Waals surface area (Å²) in [6.07, 6.45) is 7.33. The van der Waals surface area contributed by atoms with Gasteiger partial charge in [0.15, 0.2) is 0 Å². The molecule has 1 rings (SSSR count). The fourth-order valence-electron chi connectivity index (χ4n) is 3.04. The predicted octanol–water partition coefficient (Wildman–Crippen LogP) is 2.08. The van der Waals surface area contributed by atoms with Gasteiger partial charge in [0.05, 0.1) is 6.07 Å². The van der Waals surface area contributed by atoms with E-state index >= 15 is 0 Å². The molecule has 0 saturated heterocycles. The lowest BCUT2D eigenvalue weighted by Crippen LogP contribution is -2.43. The quantitative estimate of drug-likeness (QED) is 0.577. The van der Waals surface area contributed by atoms with Gasteiger partial charge in [-0.25, -0.2) is 0 Å². The number of rotatable bonds is 7. The monoisotopic (exact) mass is 293 g/mol. The number of hydrogen-bond acceptors (Lipinski definition) is 3. The Balaban J connectivity index is 2.70. The van der Waals surface area contributed by atoms with Crippen molar-refractivity contribution in [3.63, 3.8) is 0 Å². The Morgan fingerprint density at radius 3 is 2.57 bits per heavy atom. The van der Waals surface area contributed by atoms with Crippen LogP contribution in [0.25, 0.3) is 0 Å². The maximum Gasteiger partial charge on any atom is 0.234 e. The molecule has 1 fully saturated rings. The Bertz CT molecular complexity index is 383. The number of hydrogen-bond donors (Lipinski definition) is 1. The maximum atomic E-state index is 12.5. The number of carbonyl (C=O) groups is 2. The lowest BCUT2D eigenvalue weighted by molar-refractivity contribution is -0.142. The van der Waals surface area contributed by atoms with Crippen molar-refractivity contribution in [1.29, 1.82) is 5.26 Å². The summed E-state index contributed by atoms with van der Waals surface area (Å²) >= 11 is 0. The molecule has 0 aromatic rings. The topological polar surface area (TPSA) is 73.2 Å². The first kappa shape index (κ1) is 17.5. The number of nitriles is 1. The van der Waals surface area contributed by atoms with E-state index < -0.39 is 5.92 Å². The first-order valence-electron chi connectivity index (χ1n) is 7.99. The fraction of sp³-hybridized carbons (Fsp3) is 0.812. The van der Waals surface area contributed by atoms with Gasteiger partial charge in [-0.1, -0.05) is 39.0 Å². The normalized spacial score (nSPS) is 16.8. The van der Waals surface area contributed by atoms with E-state index in [2.05, 4.69) is 5.32 Å². The van der Waals surface area contributed by atoms with Gasteiger partial charge in [-0.2, -0.15) is 5.26 Å². The zero-order chi connectivity index (χ0) is 15.7. The molecule has 1 unspecified atom stereocenters. The van der Waals surface area contributed by atoms with Crippen molar-refractivity contribution in [2.45, 2.75) is 51.9 Å². The van der Waals surface area contributed by atoms with Gasteiger partial charge < -0.3 is 10.2 Å². The van der Waals surface area contributed by atoms with Gasteiger partial charge in [-0.15, -0.1) is 0 Å². The van der Waals surface area contributed by atoms with Crippen molar-refractivity contribution in [3.05, 3.63) is 0 Å². The number of amides is 2. The highest BCUT2D eigenvalue weighted by Crippen LogP contribution is 2.29. The molecule has 118 valence electrons. The van der Waals surface area contributed by atoms with Gasteiger partial charge in [0.25, 0.3) is 0 Å². The van der Waals surface area contributed by atoms with Gasteiger partial charge in [-0.05, 0) is 18.8 Å². The molecule has 5 nitrogen and oxygen atoms in total. The highest BCUT2D eigenvalue weighted by Gasteiger charge is 2.31. The average molecular weight is 293 g/mol. The molecular formula is C16H27N3O2. The van der Waals surface area contributed by atoms with Gasteiger partial charge in [-0.3, -0.25) is 9.59 Å². The van der Waals surface area contributed by atoms with Gasteiger partial charge >= 0.3 is 0 Å². The van der Waals surface area contributed by atoms with E-state index in [-0.39, 0.29) is 18.4 Å². The zero-order valence-corrected chi connectivity index (χ0v) is 13.2. The van der Waals surface area contributed by atoms with Crippen LogP contribution < -0.4 is 5.32 Å². The van der Waals surface area contributed by atoms with Crippen molar-refractivity contribution in [1.82, 2.24) is 10.2 Å². The Kier molecular flexibility index (Phi) is 7.81. The van der Waals surface area contributed by atoms with Crippen LogP contribution in [0.15, 0.2) is 0 Å². The highest BCUT2D eigenvalue weighted by atomic mass is 16.2. The predicted molar refractivity (Wildman–Crippen MR) is 81.2 cm³/mol. The molecule has 1 atom stereocenters. The number of nitrogens with zero attached hydrogens (tertiary/aromatic N) is 2. The van der Waals surface area contributed by atoms with Crippen molar-refractivity contribution in [3.8, 4) is 6.07 Å². The molecule has 1 aliphatic rings. The largest absolute Gasteiger partial charge is 0.345 e. The Morgan fingerprint density at radius 2 is 2.00 bits per heavy atom. The molecule has 0 aromatic carbocycles. The summed E-state index contributed by atoms with van der Waals surface area (Å²) in [5, 5.41) is 11.1. The van der Waals surface area contributed by atoms with E-state index in [1.165, 1.54) is 19.3 Å². The van der Waals surface area contributed by atoms with Crippen LogP contribution in [0.2, 0.25) is 0 Å². The number of nitrogens with one attached hydrogen (secondary N) is 1. The molecule has 0 bridgehead atoms. The second-order valence-corrected chi connectivity index (χ2v) is 5.93. The molecule has 2 amide bonds. The lowest BCUT2D eigenvalue weighted by atomic mass is 9.82. The standard InChI is InChI=1S/C16H27N3O2/c1-3-11-19(2)16(21)14(15(20)18-10-9-17)12-13-7-5-4-6-8-13/h13-14H,3-8,10-12H2,1-2H3,(H,18,20). The molecule has 1 aliphatic carbocycles. The molecule has 0 aromatic heterocycles. The lowest BCUT2D eigenvalue weighted by Gasteiger charge is -2.28. The SMILES string of the molecule is CCCN(C)C(=O)C(CC1CCCCC1)C(=O)NCC#N. The third-order valence-electron chi connectivity index (χ3n) is 4.19. The van der Waals surface area contributed by atoms with Crippen LogP contribution in [0.3, 0.4) is 0 Å². The van der Waals surface area contributed by atoms with Crippen LogP contribution in [0.5, 0.6) is 0 Å². The molecule has 0 spiro atoms. The molecule has 1 saturated carbocycles. The van der Waals surface area contributed by atoms with E-state index in [0.29, 0.717) is 18.9 Å². The van der Waals surface area contributed by atoms with Crippen LogP contribution in [-0.2, 0) is 9.59 Å². The van der Waals surface area contributed by atoms with E-state index in [1.807, 2.05) is 13.0 Å². The van der Waals surface area contributed by atoms with Gasteiger partial charge in [0.2, 0.25) is 11.8 Å². The van der Waals surface area contributed by atoms with E-state index in [1.54, 1.807) is 11.9 Å². The summed E-state index contributed by atoms with van der Waals surface area (Å²) < 4.78 is 0. The first-order valence-corrected chi connectivity index (χ1v) is 7.99. The Labute approximate surface area is 127 Å². The Morgan fingerprint density at radius 1 is 1.33 bits per heavy atom. The first-order chi connectivity index (χ1) is 10.1. The summed E-state index contributed by atoms with van der Waals surface area (Å²) in [5.74, 6) is -0.596. The molecule has 0 heterocycles. The Hall–Kier alpha value is -1.57. The number of carbonyl (C=O) groups excluding carboxylic acids is 2. The minimum atomic E-state index is -0.641. The van der Waals surface area contributed by atoms with E-state index in [4.69, 9.17) is 5.26 Å². The minimum Gasteiger partial charge on any atom is -0.345 e. The second-order valence-electron chi connectivity index (χ2n) is 5.93. The molecule has 5 heteroatoms. The van der Waals surface area contributed by atoms with Gasteiger partial charge in [0, 0.05) is 13.6 Å². The maximum absolute atomic E-state index is 12.5. The van der Waals surface area contributed by atoms with Crippen molar-refractivity contribution < 1.29 is 9.59 Å². The summed E-state index contributed by atoms with van der Waals surface area (Å²) in [6, 6.07) is 1.89. The van der Waals surface area contributed by atoms with E-state index in [9.17, 15) is 9.59 Å². The molecular weight excluding hydrogens is 266 g/mol. The highest BCUT2D eigenvalue weighted by molar-refractivity contribution is 6.00. The fourth-order valence-corrected chi connectivity index (χ4v) is 3.04. The average Bonchev–Trinajstić information content (AvgIpc) is 2.50. The van der Waals surface area contributed by atoms with Gasteiger partial charge in [0.1, 0.15) is 12.5 Å². The van der Waals surface area contributed by atoms with Crippen LogP contribution in [0, 0.1) is 23.2 Å². The molecule has 0 aliphatic heterocycles. The van der Waals surface area contributed by atoms with Crippen LogP contribution >= 0.6 is 0 Å². The molecule has 0 radical (unpaired) electrons. The smallest absolute Gasteiger partial charge is 0.234 e.